The standard InChI is InChI=1S/C26H29ClN6O4/c1-14-11-33(12-15(2)23(14)35)25-17(10-28)8-19(27)24(31-25)30-18-5-6-20-16(7-18)9-21(26(36)32(20)4)37-13-22(34)29-3/h5-9,14-15,23,35H,11-13H2,1-4H3,(H,29,34)(H,30,31). The fourth-order valence-electron chi connectivity index (χ4n) is 4.60. The molecule has 1 amide bonds. The van der Waals surface area contributed by atoms with Crippen LogP contribution >= 0.6 is 11.6 Å². The number of carbonyl (C=O) groups is 1. The molecule has 0 bridgehead atoms. The molecule has 3 N–H and O–H groups in total. The number of fused-ring (bicyclic) bond motifs is 1. The summed E-state index contributed by atoms with van der Waals surface area (Å²) < 4.78 is 6.89. The number of nitrogens with zero attached hydrogens (tertiary/aromatic N) is 4. The van der Waals surface area contributed by atoms with Gasteiger partial charge in [-0.3, -0.25) is 9.59 Å². The molecule has 4 rings (SSSR count). The van der Waals surface area contributed by atoms with Gasteiger partial charge in [-0.05, 0) is 42.2 Å². The highest BCUT2D eigenvalue weighted by atomic mass is 35.5. The van der Waals surface area contributed by atoms with Gasteiger partial charge in [-0.1, -0.05) is 25.4 Å². The molecule has 1 saturated heterocycles. The van der Waals surface area contributed by atoms with Gasteiger partial charge in [0.1, 0.15) is 11.9 Å². The van der Waals surface area contributed by atoms with Crippen LogP contribution in [0.2, 0.25) is 5.02 Å². The number of carbonyl (C=O) groups excluding carboxylic acids is 1. The maximum absolute atomic E-state index is 12.6. The van der Waals surface area contributed by atoms with E-state index < -0.39 is 6.10 Å². The van der Waals surface area contributed by atoms with E-state index in [4.69, 9.17) is 21.3 Å². The van der Waals surface area contributed by atoms with Gasteiger partial charge < -0.3 is 29.9 Å². The molecule has 1 aliphatic heterocycles. The molecule has 2 aromatic heterocycles. The molecule has 0 spiro atoms. The fourth-order valence-corrected chi connectivity index (χ4v) is 4.79. The SMILES string of the molecule is CNC(=O)COc1cc2cc(Nc3nc(N4CC(C)C(O)C(C)C4)c(C#N)cc3Cl)ccc2n(C)c1=O. The molecule has 0 radical (unpaired) electrons. The van der Waals surface area contributed by atoms with Crippen molar-refractivity contribution in [3.8, 4) is 11.8 Å². The molecule has 10 nitrogen and oxygen atoms in total. The van der Waals surface area contributed by atoms with Gasteiger partial charge in [-0.15, -0.1) is 0 Å². The molecule has 3 heterocycles. The van der Waals surface area contributed by atoms with Crippen LogP contribution in [0, 0.1) is 23.2 Å². The van der Waals surface area contributed by atoms with E-state index in [0.29, 0.717) is 46.9 Å². The van der Waals surface area contributed by atoms with Gasteiger partial charge >= 0.3 is 0 Å². The monoisotopic (exact) mass is 524 g/mol. The Bertz CT molecular complexity index is 1440. The Morgan fingerprint density at radius 1 is 1.27 bits per heavy atom. The number of rotatable bonds is 6. The van der Waals surface area contributed by atoms with Gasteiger partial charge in [0.25, 0.3) is 11.5 Å². The molecule has 0 aliphatic carbocycles. The number of nitriles is 1. The number of hydrogen-bond donors (Lipinski definition) is 3. The topological polar surface area (TPSA) is 133 Å². The number of aromatic nitrogens is 2. The first-order valence-corrected chi connectivity index (χ1v) is 12.3. The maximum atomic E-state index is 12.6. The summed E-state index contributed by atoms with van der Waals surface area (Å²) in [5.41, 5.74) is 1.34. The number of halogens is 1. The van der Waals surface area contributed by atoms with Crippen molar-refractivity contribution in [2.75, 3.05) is 37.0 Å². The molecular formula is C26H29ClN6O4. The van der Waals surface area contributed by atoms with E-state index in [9.17, 15) is 20.0 Å². The lowest BCUT2D eigenvalue weighted by atomic mass is 9.88. The summed E-state index contributed by atoms with van der Waals surface area (Å²) in [5.74, 6) is 0.646. The summed E-state index contributed by atoms with van der Waals surface area (Å²) in [4.78, 5) is 30.9. The van der Waals surface area contributed by atoms with Crippen LogP contribution in [0.1, 0.15) is 19.4 Å². The van der Waals surface area contributed by atoms with E-state index >= 15 is 0 Å². The van der Waals surface area contributed by atoms with Crippen LogP contribution < -0.4 is 25.8 Å². The zero-order valence-corrected chi connectivity index (χ0v) is 21.8. The number of pyridine rings is 2. The average Bonchev–Trinajstić information content (AvgIpc) is 2.88. The Hall–Kier alpha value is -3.81. The molecule has 0 saturated carbocycles. The molecule has 1 aromatic carbocycles. The van der Waals surface area contributed by atoms with Gasteiger partial charge in [0.15, 0.2) is 18.2 Å². The first-order chi connectivity index (χ1) is 17.6. The number of ether oxygens (including phenoxy) is 1. The van der Waals surface area contributed by atoms with Gasteiger partial charge in [0, 0.05) is 38.3 Å². The lowest BCUT2D eigenvalue weighted by molar-refractivity contribution is -0.122. The molecule has 3 aromatic rings. The molecule has 37 heavy (non-hydrogen) atoms. The summed E-state index contributed by atoms with van der Waals surface area (Å²) in [6.07, 6.45) is -0.412. The van der Waals surface area contributed by atoms with E-state index in [1.165, 1.54) is 11.6 Å². The normalized spacial score (nSPS) is 19.4. The Labute approximate surface area is 219 Å². The highest BCUT2D eigenvalue weighted by Crippen LogP contribution is 2.33. The molecule has 194 valence electrons. The number of piperidine rings is 1. The third kappa shape index (κ3) is 5.33. The third-order valence-corrected chi connectivity index (χ3v) is 6.94. The number of benzene rings is 1. The predicted octanol–water partition coefficient (Wildman–Crippen LogP) is 2.78. The smallest absolute Gasteiger partial charge is 0.293 e. The molecule has 1 aliphatic rings. The van der Waals surface area contributed by atoms with E-state index in [2.05, 4.69) is 16.7 Å². The zero-order chi connectivity index (χ0) is 26.9. The van der Waals surface area contributed by atoms with Crippen molar-refractivity contribution in [1.29, 1.82) is 5.26 Å². The van der Waals surface area contributed by atoms with E-state index in [-0.39, 0.29) is 40.7 Å². The molecule has 2 unspecified atom stereocenters. The van der Waals surface area contributed by atoms with Crippen molar-refractivity contribution in [3.63, 3.8) is 0 Å². The second-order valence-electron chi connectivity index (χ2n) is 9.39. The van der Waals surface area contributed by atoms with Gasteiger partial charge in [-0.2, -0.15) is 5.26 Å². The minimum absolute atomic E-state index is 0.0242. The summed E-state index contributed by atoms with van der Waals surface area (Å²) in [7, 11) is 3.12. The van der Waals surface area contributed by atoms with Crippen LogP contribution in [-0.2, 0) is 11.8 Å². The summed E-state index contributed by atoms with van der Waals surface area (Å²) in [6.45, 7) is 4.81. The second-order valence-corrected chi connectivity index (χ2v) is 9.79. The van der Waals surface area contributed by atoms with E-state index in [0.717, 1.165) is 0 Å². The largest absolute Gasteiger partial charge is 0.478 e. The molecular weight excluding hydrogens is 496 g/mol. The number of amides is 1. The van der Waals surface area contributed by atoms with Crippen molar-refractivity contribution in [2.45, 2.75) is 20.0 Å². The van der Waals surface area contributed by atoms with Crippen molar-refractivity contribution in [1.82, 2.24) is 14.9 Å². The van der Waals surface area contributed by atoms with Crippen molar-refractivity contribution < 1.29 is 14.6 Å². The van der Waals surface area contributed by atoms with E-state index in [1.807, 2.05) is 24.8 Å². The van der Waals surface area contributed by atoms with Crippen LogP contribution in [0.5, 0.6) is 5.75 Å². The number of aliphatic hydroxyl groups excluding tert-OH is 1. The lowest BCUT2D eigenvalue weighted by Crippen LogP contribution is -2.48. The van der Waals surface area contributed by atoms with Crippen LogP contribution in [0.25, 0.3) is 10.9 Å². The third-order valence-electron chi connectivity index (χ3n) is 6.65. The Kier molecular flexibility index (Phi) is 7.57. The van der Waals surface area contributed by atoms with Crippen molar-refractivity contribution in [2.24, 2.45) is 18.9 Å². The number of likely N-dealkylation sites (N-methyl/N-ethyl adjacent to an activating group) is 1. The number of aryl methyl sites for hydroxylation is 1. The second kappa shape index (κ2) is 10.7. The Balaban J connectivity index is 1.68. The summed E-state index contributed by atoms with van der Waals surface area (Å²) in [6, 6.07) is 10.8. The van der Waals surface area contributed by atoms with Gasteiger partial charge in [0.05, 0.1) is 22.2 Å². The van der Waals surface area contributed by atoms with Crippen LogP contribution in [0.4, 0.5) is 17.3 Å². The highest BCUT2D eigenvalue weighted by molar-refractivity contribution is 6.33. The minimum Gasteiger partial charge on any atom is -0.478 e. The predicted molar refractivity (Wildman–Crippen MR) is 143 cm³/mol. The van der Waals surface area contributed by atoms with Crippen molar-refractivity contribution in [3.05, 3.63) is 51.3 Å². The maximum Gasteiger partial charge on any atom is 0.293 e. The van der Waals surface area contributed by atoms with Crippen LogP contribution in [0.15, 0.2) is 35.1 Å². The van der Waals surface area contributed by atoms with Crippen LogP contribution in [0.3, 0.4) is 0 Å². The van der Waals surface area contributed by atoms with Crippen LogP contribution in [-0.4, -0.2) is 53.4 Å². The van der Waals surface area contributed by atoms with Gasteiger partial charge in [0.2, 0.25) is 0 Å². The quantitative estimate of drug-likeness (QED) is 0.448. The molecule has 2 atom stereocenters. The lowest BCUT2D eigenvalue weighted by Gasteiger charge is -2.39. The van der Waals surface area contributed by atoms with Gasteiger partial charge in [-0.25, -0.2) is 4.98 Å². The first-order valence-electron chi connectivity index (χ1n) is 11.9. The number of hydrogen-bond acceptors (Lipinski definition) is 8. The average molecular weight is 525 g/mol. The Morgan fingerprint density at radius 2 is 1.97 bits per heavy atom. The first kappa shape index (κ1) is 26.3. The molecule has 11 heteroatoms. The summed E-state index contributed by atoms with van der Waals surface area (Å²) >= 11 is 6.49. The van der Waals surface area contributed by atoms with Crippen molar-refractivity contribution >= 4 is 45.7 Å². The number of aliphatic hydroxyl groups is 1. The minimum atomic E-state index is -0.412. The number of nitrogens with one attached hydrogen (secondary N) is 2. The zero-order valence-electron chi connectivity index (χ0n) is 21.1. The summed E-state index contributed by atoms with van der Waals surface area (Å²) in [5, 5.41) is 26.7. The molecule has 1 fully saturated rings. The fraction of sp³-hybridized carbons (Fsp3) is 0.385. The van der Waals surface area contributed by atoms with E-state index in [1.54, 1.807) is 31.3 Å². The Morgan fingerprint density at radius 3 is 2.62 bits per heavy atom. The highest BCUT2D eigenvalue weighted by Gasteiger charge is 2.32. The number of anilines is 3.